The van der Waals surface area contributed by atoms with Gasteiger partial charge in [-0.3, -0.25) is 9.59 Å². The van der Waals surface area contributed by atoms with E-state index in [1.165, 1.54) is 16.9 Å². The summed E-state index contributed by atoms with van der Waals surface area (Å²) in [7, 11) is 0. The number of rotatable bonds is 7. The van der Waals surface area contributed by atoms with Gasteiger partial charge >= 0.3 is 5.97 Å². The van der Waals surface area contributed by atoms with Gasteiger partial charge in [-0.1, -0.05) is 43.7 Å². The molecule has 0 aliphatic rings. The van der Waals surface area contributed by atoms with Gasteiger partial charge in [0.2, 0.25) is 0 Å². The molecule has 0 fully saturated rings. The van der Waals surface area contributed by atoms with E-state index in [-0.39, 0.29) is 19.1 Å². The molecule has 1 aromatic heterocycles. The first-order valence-corrected chi connectivity index (χ1v) is 8.49. The predicted octanol–water partition coefficient (Wildman–Crippen LogP) is 3.48. The van der Waals surface area contributed by atoms with E-state index in [0.29, 0.717) is 4.88 Å². The van der Waals surface area contributed by atoms with Gasteiger partial charge in [-0.2, -0.15) is 0 Å². The molecule has 2 rings (SSSR count). The molecule has 122 valence electrons. The number of esters is 1. The Morgan fingerprint density at radius 1 is 1.22 bits per heavy atom. The number of amides is 1. The predicted molar refractivity (Wildman–Crippen MR) is 91.6 cm³/mol. The van der Waals surface area contributed by atoms with Crippen molar-refractivity contribution >= 4 is 23.2 Å². The van der Waals surface area contributed by atoms with Crippen LogP contribution in [-0.4, -0.2) is 18.4 Å². The van der Waals surface area contributed by atoms with E-state index in [0.717, 1.165) is 23.3 Å². The quantitative estimate of drug-likeness (QED) is 0.790. The summed E-state index contributed by atoms with van der Waals surface area (Å²) in [5.41, 5.74) is 2.12. The number of ether oxygens (including phenoxy) is 1. The highest BCUT2D eigenvalue weighted by molar-refractivity contribution is 7.14. The van der Waals surface area contributed by atoms with Crippen LogP contribution in [0.3, 0.4) is 0 Å². The zero-order valence-corrected chi connectivity index (χ0v) is 14.2. The molecule has 2 aromatic rings. The first-order valence-electron chi connectivity index (χ1n) is 7.67. The summed E-state index contributed by atoms with van der Waals surface area (Å²) in [5, 5.41) is 2.61. The molecule has 23 heavy (non-hydrogen) atoms. The fourth-order valence-corrected chi connectivity index (χ4v) is 3.17. The van der Waals surface area contributed by atoms with Crippen molar-refractivity contribution in [2.45, 2.75) is 33.3 Å². The van der Waals surface area contributed by atoms with Crippen LogP contribution in [0, 0.1) is 6.92 Å². The molecule has 5 heteroatoms. The van der Waals surface area contributed by atoms with Crippen molar-refractivity contribution in [2.24, 2.45) is 0 Å². The van der Waals surface area contributed by atoms with E-state index >= 15 is 0 Å². The normalized spacial score (nSPS) is 10.3. The molecule has 1 amide bonds. The second kappa shape index (κ2) is 8.48. The Balaban J connectivity index is 1.79. The molecule has 0 radical (unpaired) electrons. The lowest BCUT2D eigenvalue weighted by molar-refractivity contribution is -0.143. The summed E-state index contributed by atoms with van der Waals surface area (Å²) in [5.74, 6) is -0.665. The van der Waals surface area contributed by atoms with Crippen LogP contribution in [0.5, 0.6) is 0 Å². The molecule has 0 unspecified atom stereocenters. The summed E-state index contributed by atoms with van der Waals surface area (Å²) in [6.07, 6.45) is 2.01. The standard InChI is InChI=1S/C18H21NO3S/c1-3-7-15-10-16(23-13(15)2)18(21)19-11-17(20)22-12-14-8-5-4-6-9-14/h4-6,8-10H,3,7,11-12H2,1-2H3,(H,19,21). The minimum absolute atomic E-state index is 0.119. The van der Waals surface area contributed by atoms with Crippen LogP contribution in [0.25, 0.3) is 0 Å². The summed E-state index contributed by atoms with van der Waals surface area (Å²) < 4.78 is 5.13. The van der Waals surface area contributed by atoms with Gasteiger partial charge in [0.1, 0.15) is 13.2 Å². The van der Waals surface area contributed by atoms with Crippen LogP contribution < -0.4 is 5.32 Å². The fraction of sp³-hybridized carbons (Fsp3) is 0.333. The summed E-state index contributed by atoms with van der Waals surface area (Å²) in [6.45, 7) is 4.22. The second-order valence-electron chi connectivity index (χ2n) is 5.27. The van der Waals surface area contributed by atoms with Gasteiger partial charge in [-0.15, -0.1) is 11.3 Å². The van der Waals surface area contributed by atoms with Crippen LogP contribution in [0.2, 0.25) is 0 Å². The van der Waals surface area contributed by atoms with Gasteiger partial charge in [0.05, 0.1) is 4.88 Å². The molecule has 1 heterocycles. The Bertz CT molecular complexity index is 664. The van der Waals surface area contributed by atoms with E-state index in [4.69, 9.17) is 4.74 Å². The largest absolute Gasteiger partial charge is 0.460 e. The number of aryl methyl sites for hydroxylation is 2. The summed E-state index contributed by atoms with van der Waals surface area (Å²) in [6, 6.07) is 11.4. The van der Waals surface area contributed by atoms with Crippen molar-refractivity contribution in [1.29, 1.82) is 0 Å². The van der Waals surface area contributed by atoms with Crippen LogP contribution in [0.4, 0.5) is 0 Å². The average Bonchev–Trinajstić information content (AvgIpc) is 2.93. The van der Waals surface area contributed by atoms with Gasteiger partial charge in [-0.05, 0) is 30.5 Å². The molecule has 0 spiro atoms. The van der Waals surface area contributed by atoms with Gasteiger partial charge < -0.3 is 10.1 Å². The zero-order chi connectivity index (χ0) is 16.7. The molecule has 0 bridgehead atoms. The zero-order valence-electron chi connectivity index (χ0n) is 13.4. The third-order valence-corrected chi connectivity index (χ3v) is 4.49. The van der Waals surface area contributed by atoms with E-state index in [2.05, 4.69) is 12.2 Å². The molecule has 0 aliphatic heterocycles. The molecule has 0 atom stereocenters. The van der Waals surface area contributed by atoms with Crippen molar-refractivity contribution in [3.05, 3.63) is 57.3 Å². The van der Waals surface area contributed by atoms with Crippen molar-refractivity contribution in [3.8, 4) is 0 Å². The molecular formula is C18H21NO3S. The Hall–Kier alpha value is -2.14. The molecule has 0 saturated heterocycles. The minimum atomic E-state index is -0.440. The van der Waals surface area contributed by atoms with Gasteiger partial charge in [-0.25, -0.2) is 0 Å². The number of carbonyl (C=O) groups is 2. The first-order chi connectivity index (χ1) is 11.1. The minimum Gasteiger partial charge on any atom is -0.460 e. The number of carbonyl (C=O) groups excluding carboxylic acids is 2. The highest BCUT2D eigenvalue weighted by Gasteiger charge is 2.13. The smallest absolute Gasteiger partial charge is 0.325 e. The van der Waals surface area contributed by atoms with E-state index in [9.17, 15) is 9.59 Å². The van der Waals surface area contributed by atoms with Crippen LogP contribution in [0.1, 0.15) is 39.0 Å². The lowest BCUT2D eigenvalue weighted by Crippen LogP contribution is -2.30. The SMILES string of the molecule is CCCc1cc(C(=O)NCC(=O)OCc2ccccc2)sc1C. The van der Waals surface area contributed by atoms with Crippen LogP contribution in [-0.2, 0) is 22.6 Å². The summed E-state index contributed by atoms with van der Waals surface area (Å²) in [4.78, 5) is 25.6. The van der Waals surface area contributed by atoms with Crippen molar-refractivity contribution in [1.82, 2.24) is 5.32 Å². The number of thiophene rings is 1. The maximum Gasteiger partial charge on any atom is 0.325 e. The van der Waals surface area contributed by atoms with Crippen LogP contribution >= 0.6 is 11.3 Å². The maximum absolute atomic E-state index is 12.1. The van der Waals surface area contributed by atoms with E-state index in [1.54, 1.807) is 0 Å². The maximum atomic E-state index is 12.1. The molecule has 4 nitrogen and oxygen atoms in total. The second-order valence-corrected chi connectivity index (χ2v) is 6.53. The number of hydrogen-bond donors (Lipinski definition) is 1. The lowest BCUT2D eigenvalue weighted by atomic mass is 10.1. The number of nitrogens with one attached hydrogen (secondary N) is 1. The van der Waals surface area contributed by atoms with Crippen molar-refractivity contribution in [2.75, 3.05) is 6.54 Å². The molecular weight excluding hydrogens is 310 g/mol. The van der Waals surface area contributed by atoms with Gasteiger partial charge in [0.15, 0.2) is 0 Å². The van der Waals surface area contributed by atoms with Gasteiger partial charge in [0, 0.05) is 4.88 Å². The van der Waals surface area contributed by atoms with E-state index in [1.807, 2.05) is 43.3 Å². The topological polar surface area (TPSA) is 55.4 Å². The first kappa shape index (κ1) is 17.2. The monoisotopic (exact) mass is 331 g/mol. The third-order valence-electron chi connectivity index (χ3n) is 3.40. The Kier molecular flexibility index (Phi) is 6.35. The molecule has 1 aromatic carbocycles. The average molecular weight is 331 g/mol. The van der Waals surface area contributed by atoms with Crippen molar-refractivity contribution in [3.63, 3.8) is 0 Å². The lowest BCUT2D eigenvalue weighted by Gasteiger charge is -2.05. The van der Waals surface area contributed by atoms with E-state index < -0.39 is 5.97 Å². The number of benzene rings is 1. The highest BCUT2D eigenvalue weighted by atomic mass is 32.1. The fourth-order valence-electron chi connectivity index (χ4n) is 2.18. The Morgan fingerprint density at radius 3 is 2.65 bits per heavy atom. The van der Waals surface area contributed by atoms with Crippen molar-refractivity contribution < 1.29 is 14.3 Å². The Labute approximate surface area is 140 Å². The summed E-state index contributed by atoms with van der Waals surface area (Å²) >= 11 is 1.46. The molecule has 0 saturated carbocycles. The highest BCUT2D eigenvalue weighted by Crippen LogP contribution is 2.22. The number of hydrogen-bond acceptors (Lipinski definition) is 4. The third kappa shape index (κ3) is 5.21. The molecule has 1 N–H and O–H groups in total. The Morgan fingerprint density at radius 2 is 1.96 bits per heavy atom. The van der Waals surface area contributed by atoms with Crippen LogP contribution in [0.15, 0.2) is 36.4 Å². The van der Waals surface area contributed by atoms with Gasteiger partial charge in [0.25, 0.3) is 5.91 Å². The molecule has 0 aliphatic carbocycles.